The Balaban J connectivity index is 0.965. The van der Waals surface area contributed by atoms with Crippen molar-refractivity contribution < 1.29 is 47.9 Å². The van der Waals surface area contributed by atoms with E-state index in [9.17, 15) is 33.6 Å². The summed E-state index contributed by atoms with van der Waals surface area (Å²) in [6.07, 6.45) is 7.31. The summed E-state index contributed by atoms with van der Waals surface area (Å²) < 4.78 is 11.5. The van der Waals surface area contributed by atoms with Crippen LogP contribution in [-0.4, -0.2) is 135 Å². The van der Waals surface area contributed by atoms with Gasteiger partial charge in [-0.05, 0) is 35.1 Å². The van der Waals surface area contributed by atoms with Crippen LogP contribution in [0.5, 0.6) is 0 Å². The number of nitrogens with one attached hydrogen (secondary N) is 3. The van der Waals surface area contributed by atoms with Gasteiger partial charge in [0.2, 0.25) is 18.2 Å². The Bertz CT molecular complexity index is 1960. The molecule has 17 heteroatoms. The smallest absolute Gasteiger partial charge is 0.253 e. The molecule has 6 rings (SSSR count). The quantitative estimate of drug-likeness (QED) is 0.0641. The first kappa shape index (κ1) is 42.7. The summed E-state index contributed by atoms with van der Waals surface area (Å²) in [6.45, 7) is 1.61. The monoisotopic (exact) mass is 811 g/mol. The van der Waals surface area contributed by atoms with Gasteiger partial charge in [0.1, 0.15) is 11.9 Å². The number of likely N-dealkylation sites (tertiary alicyclic amines) is 1. The van der Waals surface area contributed by atoms with Crippen molar-refractivity contribution in [2.24, 2.45) is 10.4 Å². The molecule has 0 radical (unpaired) electrons. The highest BCUT2D eigenvalue weighted by Gasteiger charge is 2.52. The normalized spacial score (nSPS) is 20.4. The van der Waals surface area contributed by atoms with E-state index in [0.29, 0.717) is 32.0 Å². The number of hydrogen-bond donors (Lipinski definition) is 3. The summed E-state index contributed by atoms with van der Waals surface area (Å²) in [7, 11) is 0. The van der Waals surface area contributed by atoms with Crippen molar-refractivity contribution in [1.82, 2.24) is 30.8 Å². The van der Waals surface area contributed by atoms with Crippen molar-refractivity contribution in [3.63, 3.8) is 0 Å². The van der Waals surface area contributed by atoms with Crippen molar-refractivity contribution in [2.75, 3.05) is 72.2 Å². The molecule has 2 atom stereocenters. The first-order valence-electron chi connectivity index (χ1n) is 19.7. The van der Waals surface area contributed by atoms with Crippen LogP contribution in [0.4, 0.5) is 0 Å². The third-order valence-corrected chi connectivity index (χ3v) is 10.6. The van der Waals surface area contributed by atoms with E-state index in [0.717, 1.165) is 53.4 Å². The lowest BCUT2D eigenvalue weighted by atomic mass is 9.77. The Labute approximate surface area is 341 Å². The Kier molecular flexibility index (Phi) is 15.0. The fourth-order valence-electron chi connectivity index (χ4n) is 7.46. The molecule has 0 bridgehead atoms. The molecule has 2 unspecified atom stereocenters. The van der Waals surface area contributed by atoms with Crippen molar-refractivity contribution in [3.05, 3.63) is 95.1 Å². The number of amides is 7. The second-order valence-electron chi connectivity index (χ2n) is 14.5. The van der Waals surface area contributed by atoms with Crippen LogP contribution in [0, 0.1) is 5.41 Å². The summed E-state index contributed by atoms with van der Waals surface area (Å²) in [5.74, 6) is -2.57. The predicted molar refractivity (Wildman–Crippen MR) is 212 cm³/mol. The van der Waals surface area contributed by atoms with Crippen LogP contribution < -0.4 is 16.1 Å². The molecule has 1 saturated heterocycles. The Morgan fingerprint density at radius 2 is 1.37 bits per heavy atom. The van der Waals surface area contributed by atoms with Gasteiger partial charge >= 0.3 is 0 Å². The van der Waals surface area contributed by atoms with E-state index >= 15 is 0 Å². The van der Waals surface area contributed by atoms with Crippen LogP contribution in [0.2, 0.25) is 0 Å². The number of hydroxylamine groups is 1. The van der Waals surface area contributed by atoms with Gasteiger partial charge in [0.25, 0.3) is 23.6 Å². The zero-order valence-electron chi connectivity index (χ0n) is 32.8. The molecule has 0 saturated carbocycles. The molecule has 1 fully saturated rings. The zero-order chi connectivity index (χ0) is 41.6. The number of fused-ring (bicyclic) bond motifs is 2. The minimum atomic E-state index is -0.979. The molecule has 2 aromatic carbocycles. The van der Waals surface area contributed by atoms with Gasteiger partial charge in [-0.3, -0.25) is 58.1 Å². The minimum Gasteiger partial charge on any atom is -0.378 e. The molecule has 59 heavy (non-hydrogen) atoms. The zero-order valence-corrected chi connectivity index (χ0v) is 32.8. The number of rotatable bonds is 22. The highest BCUT2D eigenvalue weighted by Crippen LogP contribution is 2.34. The van der Waals surface area contributed by atoms with Crippen molar-refractivity contribution in [1.29, 1.82) is 0 Å². The standard InChI is InChI=1S/C42H49N7O10/c50-29-43-26-42(27-45-35(51)15-19-47-36(52)11-12-37(47)53)28-49(40(56)16-20-48-38(54)13-14-39(48)55)41(42)44-17-21-57-23-24-58-22-18-46-59-34-25-32-7-2-1-5-30(32)9-10-31-6-3-4-8-33(31)34/h1-8,11-14,29,34,46H,9-10,15-28H2,(H,43,50)(H,45,51). The Morgan fingerprint density at radius 3 is 2.07 bits per heavy atom. The van der Waals surface area contributed by atoms with Crippen LogP contribution in [0.1, 0.15) is 41.2 Å². The van der Waals surface area contributed by atoms with Crippen LogP contribution in [0.15, 0.2) is 77.8 Å². The van der Waals surface area contributed by atoms with Crippen LogP contribution in [0.3, 0.4) is 0 Å². The number of amidine groups is 1. The number of aliphatic imine (C=N–C) groups is 1. The molecule has 3 heterocycles. The fraction of sp³-hybridized carbons (Fsp3) is 0.429. The topological polar surface area (TPSA) is 205 Å². The number of nitrogens with zero attached hydrogens (tertiary/aromatic N) is 4. The predicted octanol–water partition coefficient (Wildman–Crippen LogP) is 0.343. The summed E-state index contributed by atoms with van der Waals surface area (Å²) in [5, 5.41) is 5.41. The van der Waals surface area contributed by atoms with E-state index < -0.39 is 40.9 Å². The number of aryl methyl sites for hydroxylation is 2. The van der Waals surface area contributed by atoms with E-state index in [-0.39, 0.29) is 71.4 Å². The number of ether oxygens (including phenoxy) is 2. The third-order valence-electron chi connectivity index (χ3n) is 10.6. The average molecular weight is 812 g/mol. The number of carbonyl (C=O) groups is 7. The molecule has 0 spiro atoms. The third kappa shape index (κ3) is 11.0. The molecule has 1 aliphatic carbocycles. The minimum absolute atomic E-state index is 0.0184. The molecular formula is C42H49N7O10. The molecule has 3 N–H and O–H groups in total. The van der Waals surface area contributed by atoms with Gasteiger partial charge < -0.3 is 20.1 Å². The number of hydrogen-bond acceptors (Lipinski definition) is 12. The van der Waals surface area contributed by atoms with E-state index in [4.69, 9.17) is 14.3 Å². The van der Waals surface area contributed by atoms with Gasteiger partial charge in [0.15, 0.2) is 0 Å². The van der Waals surface area contributed by atoms with Gasteiger partial charge in [-0.25, -0.2) is 0 Å². The molecule has 17 nitrogen and oxygen atoms in total. The Hall–Kier alpha value is -5.88. The van der Waals surface area contributed by atoms with Crippen molar-refractivity contribution in [2.45, 2.75) is 38.2 Å². The maximum absolute atomic E-state index is 13.4. The van der Waals surface area contributed by atoms with Gasteiger partial charge in [-0.2, -0.15) is 5.48 Å². The molecule has 4 aliphatic rings. The maximum atomic E-state index is 13.4. The summed E-state index contributed by atoms with van der Waals surface area (Å²) in [5.41, 5.74) is 7.18. The fourth-order valence-corrected chi connectivity index (χ4v) is 7.46. The van der Waals surface area contributed by atoms with E-state index in [1.165, 1.54) is 27.2 Å². The molecule has 2 aromatic rings. The largest absolute Gasteiger partial charge is 0.378 e. The highest BCUT2D eigenvalue weighted by atomic mass is 16.7. The lowest BCUT2D eigenvalue weighted by molar-refractivity contribution is -0.139. The molecule has 0 aromatic heterocycles. The van der Waals surface area contributed by atoms with Crippen molar-refractivity contribution >= 4 is 47.7 Å². The van der Waals surface area contributed by atoms with E-state index in [2.05, 4.69) is 63.6 Å². The number of benzene rings is 2. The van der Waals surface area contributed by atoms with Gasteiger partial charge in [-0.1, -0.05) is 48.5 Å². The lowest BCUT2D eigenvalue weighted by Crippen LogP contribution is -2.70. The van der Waals surface area contributed by atoms with E-state index in [1.807, 2.05) is 6.07 Å². The van der Waals surface area contributed by atoms with Gasteiger partial charge in [0.05, 0.1) is 38.4 Å². The highest BCUT2D eigenvalue weighted by molar-refractivity contribution is 6.14. The van der Waals surface area contributed by atoms with Crippen LogP contribution >= 0.6 is 0 Å². The second kappa shape index (κ2) is 20.7. The average Bonchev–Trinajstić information content (AvgIpc) is 3.73. The van der Waals surface area contributed by atoms with Crippen molar-refractivity contribution in [3.8, 4) is 0 Å². The first-order chi connectivity index (χ1) is 28.7. The molecule has 3 aliphatic heterocycles. The molecule has 312 valence electrons. The Morgan fingerprint density at radius 1 is 0.763 bits per heavy atom. The summed E-state index contributed by atoms with van der Waals surface area (Å²) in [4.78, 5) is 99.6. The number of carbonyl (C=O) groups excluding carboxylic acids is 7. The SMILES string of the molecule is O=CNCC1(CNC(=O)CCN2C(=O)C=CC2=O)CN(C(=O)CCN2C(=O)C=CC2=O)C1=NCCOCCOCCNOC1Cc2ccccc2CCc2ccccc21. The van der Waals surface area contributed by atoms with Gasteiger partial charge in [0, 0.05) is 82.8 Å². The molecular weight excluding hydrogens is 763 g/mol. The molecule has 7 amide bonds. The summed E-state index contributed by atoms with van der Waals surface area (Å²) in [6, 6.07) is 16.9. The summed E-state index contributed by atoms with van der Waals surface area (Å²) >= 11 is 0. The van der Waals surface area contributed by atoms with Crippen LogP contribution in [0.25, 0.3) is 0 Å². The lowest BCUT2D eigenvalue weighted by Gasteiger charge is -2.51. The van der Waals surface area contributed by atoms with Crippen LogP contribution in [-0.2, 0) is 67.1 Å². The maximum Gasteiger partial charge on any atom is 0.253 e. The van der Waals surface area contributed by atoms with E-state index in [1.54, 1.807) is 0 Å². The number of imide groups is 2. The van der Waals surface area contributed by atoms with Gasteiger partial charge in [-0.15, -0.1) is 0 Å². The second-order valence-corrected chi connectivity index (χ2v) is 14.5. The first-order valence-corrected chi connectivity index (χ1v) is 19.7.